The lowest BCUT2D eigenvalue weighted by Gasteiger charge is -2.01. The van der Waals surface area contributed by atoms with Crippen LogP contribution in [-0.4, -0.2) is 10.9 Å². The molecule has 0 saturated carbocycles. The quantitative estimate of drug-likeness (QED) is 0.847. The standard InChI is InChI=1S/C12H11N3OS/c13-5-12-14-6-10(17-12)7-1-2-9-8(3-7)4-11(16)15-9/h1-3,6H,4-5,13H2,(H,15,16). The minimum atomic E-state index is 0.0594. The van der Waals surface area contributed by atoms with Crippen molar-refractivity contribution in [3.8, 4) is 10.4 Å². The Balaban J connectivity index is 1.99. The number of aromatic nitrogens is 1. The molecule has 1 aliphatic heterocycles. The maximum Gasteiger partial charge on any atom is 0.228 e. The Labute approximate surface area is 102 Å². The van der Waals surface area contributed by atoms with Crippen LogP contribution >= 0.6 is 11.3 Å². The van der Waals surface area contributed by atoms with Gasteiger partial charge in [-0.3, -0.25) is 4.79 Å². The summed E-state index contributed by atoms with van der Waals surface area (Å²) in [5.41, 5.74) is 8.61. The van der Waals surface area contributed by atoms with Crippen molar-refractivity contribution in [3.63, 3.8) is 0 Å². The topological polar surface area (TPSA) is 68.0 Å². The number of anilines is 1. The number of carbonyl (C=O) groups excluding carboxylic acids is 1. The van der Waals surface area contributed by atoms with Crippen molar-refractivity contribution in [2.24, 2.45) is 5.73 Å². The fraction of sp³-hybridized carbons (Fsp3) is 0.167. The van der Waals surface area contributed by atoms with Gasteiger partial charge < -0.3 is 11.1 Å². The zero-order valence-electron chi connectivity index (χ0n) is 9.06. The summed E-state index contributed by atoms with van der Waals surface area (Å²) < 4.78 is 0. The van der Waals surface area contributed by atoms with Crippen LogP contribution in [0.1, 0.15) is 10.6 Å². The molecule has 0 radical (unpaired) electrons. The molecule has 2 aromatic rings. The Morgan fingerprint density at radius 2 is 2.35 bits per heavy atom. The average Bonchev–Trinajstić information content (AvgIpc) is 2.92. The first kappa shape index (κ1) is 10.4. The summed E-state index contributed by atoms with van der Waals surface area (Å²) in [6.45, 7) is 0.468. The Kier molecular flexibility index (Phi) is 2.42. The van der Waals surface area contributed by atoms with E-state index >= 15 is 0 Å². The third kappa shape index (κ3) is 1.83. The lowest BCUT2D eigenvalue weighted by molar-refractivity contribution is -0.115. The summed E-state index contributed by atoms with van der Waals surface area (Å²) >= 11 is 1.59. The van der Waals surface area contributed by atoms with E-state index in [0.29, 0.717) is 13.0 Å². The molecule has 0 spiro atoms. The van der Waals surface area contributed by atoms with E-state index < -0.39 is 0 Å². The van der Waals surface area contributed by atoms with Gasteiger partial charge in [0.1, 0.15) is 5.01 Å². The molecular formula is C12H11N3OS. The molecule has 0 atom stereocenters. The Morgan fingerprint density at radius 1 is 1.47 bits per heavy atom. The number of hydrogen-bond acceptors (Lipinski definition) is 4. The maximum absolute atomic E-state index is 11.3. The molecule has 2 heterocycles. The summed E-state index contributed by atoms with van der Waals surface area (Å²) in [6, 6.07) is 5.98. The summed E-state index contributed by atoms with van der Waals surface area (Å²) in [4.78, 5) is 16.6. The molecule has 86 valence electrons. The monoisotopic (exact) mass is 245 g/mol. The van der Waals surface area contributed by atoms with Crippen molar-refractivity contribution in [1.82, 2.24) is 4.98 Å². The minimum Gasteiger partial charge on any atom is -0.326 e. The number of fused-ring (bicyclic) bond motifs is 1. The van der Waals surface area contributed by atoms with Gasteiger partial charge in [0.25, 0.3) is 0 Å². The van der Waals surface area contributed by atoms with Crippen LogP contribution in [0.2, 0.25) is 0 Å². The predicted molar refractivity (Wildman–Crippen MR) is 67.8 cm³/mol. The van der Waals surface area contributed by atoms with Gasteiger partial charge in [0.05, 0.1) is 11.3 Å². The van der Waals surface area contributed by atoms with E-state index in [1.807, 2.05) is 24.4 Å². The van der Waals surface area contributed by atoms with Crippen molar-refractivity contribution < 1.29 is 4.79 Å². The van der Waals surface area contributed by atoms with Crippen LogP contribution in [0, 0.1) is 0 Å². The van der Waals surface area contributed by atoms with Crippen LogP contribution in [-0.2, 0) is 17.8 Å². The van der Waals surface area contributed by atoms with Crippen LogP contribution in [0.15, 0.2) is 24.4 Å². The number of benzene rings is 1. The zero-order valence-corrected chi connectivity index (χ0v) is 9.88. The van der Waals surface area contributed by atoms with Crippen LogP contribution < -0.4 is 11.1 Å². The van der Waals surface area contributed by atoms with E-state index in [0.717, 1.165) is 26.7 Å². The highest BCUT2D eigenvalue weighted by Crippen LogP contribution is 2.31. The van der Waals surface area contributed by atoms with Gasteiger partial charge in [-0.15, -0.1) is 11.3 Å². The van der Waals surface area contributed by atoms with Crippen molar-refractivity contribution in [3.05, 3.63) is 35.0 Å². The number of thiazole rings is 1. The Hall–Kier alpha value is -1.72. The third-order valence-corrected chi connectivity index (χ3v) is 3.81. The molecule has 1 aliphatic rings. The first-order chi connectivity index (χ1) is 8.26. The molecule has 1 amide bonds. The zero-order chi connectivity index (χ0) is 11.8. The van der Waals surface area contributed by atoms with Gasteiger partial charge in [0.15, 0.2) is 0 Å². The smallest absolute Gasteiger partial charge is 0.228 e. The van der Waals surface area contributed by atoms with E-state index in [1.54, 1.807) is 11.3 Å². The molecule has 17 heavy (non-hydrogen) atoms. The second-order valence-electron chi connectivity index (χ2n) is 3.92. The molecule has 4 nitrogen and oxygen atoms in total. The van der Waals surface area contributed by atoms with Gasteiger partial charge >= 0.3 is 0 Å². The van der Waals surface area contributed by atoms with Crippen molar-refractivity contribution >= 4 is 22.9 Å². The molecule has 1 aromatic carbocycles. The number of hydrogen-bond donors (Lipinski definition) is 2. The molecule has 0 fully saturated rings. The van der Waals surface area contributed by atoms with Gasteiger partial charge in [0.2, 0.25) is 5.91 Å². The lowest BCUT2D eigenvalue weighted by atomic mass is 10.1. The van der Waals surface area contributed by atoms with Gasteiger partial charge in [-0.25, -0.2) is 4.98 Å². The number of nitrogens with one attached hydrogen (secondary N) is 1. The first-order valence-corrected chi connectivity index (χ1v) is 6.16. The number of rotatable bonds is 2. The fourth-order valence-corrected chi connectivity index (χ4v) is 2.71. The number of nitrogens with two attached hydrogens (primary N) is 1. The lowest BCUT2D eigenvalue weighted by Crippen LogP contribution is -2.03. The number of carbonyl (C=O) groups is 1. The summed E-state index contributed by atoms with van der Waals surface area (Å²) in [6.07, 6.45) is 2.30. The van der Waals surface area contributed by atoms with Gasteiger partial charge in [-0.2, -0.15) is 0 Å². The maximum atomic E-state index is 11.3. The van der Waals surface area contributed by atoms with Gasteiger partial charge in [-0.1, -0.05) is 6.07 Å². The van der Waals surface area contributed by atoms with E-state index in [2.05, 4.69) is 10.3 Å². The third-order valence-electron chi connectivity index (χ3n) is 2.74. The van der Waals surface area contributed by atoms with Crippen molar-refractivity contribution in [1.29, 1.82) is 0 Å². The molecule has 0 aliphatic carbocycles. The molecule has 0 unspecified atom stereocenters. The largest absolute Gasteiger partial charge is 0.326 e. The average molecular weight is 245 g/mol. The van der Waals surface area contributed by atoms with Gasteiger partial charge in [-0.05, 0) is 23.3 Å². The minimum absolute atomic E-state index is 0.0594. The Morgan fingerprint density at radius 3 is 3.12 bits per heavy atom. The first-order valence-electron chi connectivity index (χ1n) is 5.34. The van der Waals surface area contributed by atoms with Crippen molar-refractivity contribution in [2.45, 2.75) is 13.0 Å². The molecule has 1 aromatic heterocycles. The van der Waals surface area contributed by atoms with Gasteiger partial charge in [0, 0.05) is 18.4 Å². The SMILES string of the molecule is NCc1ncc(-c2ccc3c(c2)CC(=O)N3)s1. The highest BCUT2D eigenvalue weighted by molar-refractivity contribution is 7.15. The summed E-state index contributed by atoms with van der Waals surface area (Å²) in [7, 11) is 0. The molecule has 0 bridgehead atoms. The molecule has 3 N–H and O–H groups in total. The highest BCUT2D eigenvalue weighted by atomic mass is 32.1. The summed E-state index contributed by atoms with van der Waals surface area (Å²) in [5, 5.41) is 3.75. The molecule has 3 rings (SSSR count). The molecule has 0 saturated heterocycles. The fourth-order valence-electron chi connectivity index (χ4n) is 1.92. The van der Waals surface area contributed by atoms with Crippen molar-refractivity contribution in [2.75, 3.05) is 5.32 Å². The van der Waals surface area contributed by atoms with E-state index in [1.165, 1.54) is 0 Å². The van der Waals surface area contributed by atoms with Crippen LogP contribution in [0.3, 0.4) is 0 Å². The molecule has 5 heteroatoms. The number of nitrogens with zero attached hydrogens (tertiary/aromatic N) is 1. The van der Waals surface area contributed by atoms with E-state index in [-0.39, 0.29) is 5.91 Å². The second-order valence-corrected chi connectivity index (χ2v) is 5.03. The second kappa shape index (κ2) is 3.94. The highest BCUT2D eigenvalue weighted by Gasteiger charge is 2.18. The predicted octanol–water partition coefficient (Wildman–Crippen LogP) is 1.76. The van der Waals surface area contributed by atoms with Crippen LogP contribution in [0.25, 0.3) is 10.4 Å². The van der Waals surface area contributed by atoms with Crippen LogP contribution in [0.5, 0.6) is 0 Å². The summed E-state index contributed by atoms with van der Waals surface area (Å²) in [5.74, 6) is 0.0594. The van der Waals surface area contributed by atoms with E-state index in [9.17, 15) is 4.79 Å². The van der Waals surface area contributed by atoms with E-state index in [4.69, 9.17) is 5.73 Å². The number of amides is 1. The molecular weight excluding hydrogens is 234 g/mol. The normalized spacial score (nSPS) is 13.6. The Bertz CT molecular complexity index is 591. The van der Waals surface area contributed by atoms with Crippen LogP contribution in [0.4, 0.5) is 5.69 Å².